The first-order valence-electron chi connectivity index (χ1n) is 5.92. The van der Waals surface area contributed by atoms with Crippen LogP contribution in [0.3, 0.4) is 0 Å². The first-order chi connectivity index (χ1) is 8.89. The summed E-state index contributed by atoms with van der Waals surface area (Å²) in [6.07, 6.45) is 2.26. The first-order valence-corrected chi connectivity index (χ1v) is 8.94. The number of benzene rings is 1. The van der Waals surface area contributed by atoms with E-state index in [1.54, 1.807) is 25.2 Å². The van der Waals surface area contributed by atoms with Crippen molar-refractivity contribution >= 4 is 41.9 Å². The van der Waals surface area contributed by atoms with Crippen LogP contribution in [0, 0.1) is 0 Å². The summed E-state index contributed by atoms with van der Waals surface area (Å²) in [5.41, 5.74) is 0. The van der Waals surface area contributed by atoms with E-state index in [2.05, 4.69) is 31.9 Å². The van der Waals surface area contributed by atoms with Crippen LogP contribution in [0.2, 0.25) is 0 Å². The summed E-state index contributed by atoms with van der Waals surface area (Å²) in [7, 11) is -1.90. The molecular weight excluding hydrogens is 398 g/mol. The summed E-state index contributed by atoms with van der Waals surface area (Å²) in [6.45, 7) is 0.597. The SMILES string of the molecule is CN(CCCCCO)S(=O)(=O)c1ccc(Br)cc1Br. The summed E-state index contributed by atoms with van der Waals surface area (Å²) in [5.74, 6) is 0. The molecule has 0 fully saturated rings. The number of sulfonamides is 1. The van der Waals surface area contributed by atoms with Crippen molar-refractivity contribution < 1.29 is 13.5 Å². The molecule has 0 bridgehead atoms. The zero-order valence-corrected chi connectivity index (χ0v) is 14.6. The molecule has 0 aliphatic carbocycles. The minimum atomic E-state index is -3.47. The molecule has 1 aromatic rings. The fourth-order valence-corrected chi connectivity index (χ4v) is 4.51. The lowest BCUT2D eigenvalue weighted by atomic mass is 10.2. The fraction of sp³-hybridized carbons (Fsp3) is 0.500. The van der Waals surface area contributed by atoms with Gasteiger partial charge in [0.2, 0.25) is 10.0 Å². The predicted octanol–water partition coefficient (Wildman–Crippen LogP) is 2.99. The van der Waals surface area contributed by atoms with Gasteiger partial charge in [-0.15, -0.1) is 0 Å². The number of aliphatic hydroxyl groups is 1. The first kappa shape index (κ1) is 17.1. The highest BCUT2D eigenvalue weighted by molar-refractivity contribution is 9.11. The lowest BCUT2D eigenvalue weighted by Gasteiger charge is -2.18. The number of aliphatic hydroxyl groups excluding tert-OH is 1. The Balaban J connectivity index is 2.79. The molecule has 0 aliphatic heterocycles. The largest absolute Gasteiger partial charge is 0.396 e. The second kappa shape index (κ2) is 7.73. The molecule has 0 atom stereocenters. The summed E-state index contributed by atoms with van der Waals surface area (Å²) in [4.78, 5) is 0.264. The molecule has 0 unspecified atom stereocenters. The second-order valence-electron chi connectivity index (χ2n) is 4.19. The lowest BCUT2D eigenvalue weighted by Crippen LogP contribution is -2.28. The minimum Gasteiger partial charge on any atom is -0.396 e. The van der Waals surface area contributed by atoms with Gasteiger partial charge in [-0.05, 0) is 53.4 Å². The number of nitrogens with zero attached hydrogens (tertiary/aromatic N) is 1. The van der Waals surface area contributed by atoms with Gasteiger partial charge in [0.25, 0.3) is 0 Å². The summed E-state index contributed by atoms with van der Waals surface area (Å²) >= 11 is 6.57. The van der Waals surface area contributed by atoms with Gasteiger partial charge in [0.05, 0.1) is 4.90 Å². The molecule has 7 heteroatoms. The zero-order chi connectivity index (χ0) is 14.5. The van der Waals surface area contributed by atoms with Crippen molar-refractivity contribution in [2.24, 2.45) is 0 Å². The molecule has 0 radical (unpaired) electrons. The predicted molar refractivity (Wildman–Crippen MR) is 82.6 cm³/mol. The molecule has 0 aromatic heterocycles. The van der Waals surface area contributed by atoms with Crippen molar-refractivity contribution in [2.75, 3.05) is 20.2 Å². The van der Waals surface area contributed by atoms with Gasteiger partial charge in [0, 0.05) is 29.1 Å². The number of unbranched alkanes of at least 4 members (excludes halogenated alkanes) is 2. The van der Waals surface area contributed by atoms with Gasteiger partial charge in [-0.25, -0.2) is 12.7 Å². The number of hydrogen-bond donors (Lipinski definition) is 1. The summed E-state index contributed by atoms with van der Waals surface area (Å²) < 4.78 is 27.4. The highest BCUT2D eigenvalue weighted by atomic mass is 79.9. The van der Waals surface area contributed by atoms with Crippen LogP contribution in [0.1, 0.15) is 19.3 Å². The Kier molecular flexibility index (Phi) is 6.96. The van der Waals surface area contributed by atoms with E-state index in [0.717, 1.165) is 17.3 Å². The number of rotatable bonds is 7. The van der Waals surface area contributed by atoms with Crippen molar-refractivity contribution in [1.29, 1.82) is 0 Å². The maximum atomic E-state index is 12.4. The topological polar surface area (TPSA) is 57.6 Å². The zero-order valence-electron chi connectivity index (χ0n) is 10.6. The van der Waals surface area contributed by atoms with E-state index in [4.69, 9.17) is 5.11 Å². The molecule has 108 valence electrons. The van der Waals surface area contributed by atoms with Crippen molar-refractivity contribution in [1.82, 2.24) is 4.31 Å². The van der Waals surface area contributed by atoms with Crippen LogP contribution in [0.15, 0.2) is 32.0 Å². The molecule has 1 aromatic carbocycles. The standard InChI is InChI=1S/C12H17Br2NO3S/c1-15(7-3-2-4-8-16)19(17,18)12-6-5-10(13)9-11(12)14/h5-6,9,16H,2-4,7-8H2,1H3. The lowest BCUT2D eigenvalue weighted by molar-refractivity contribution is 0.281. The average Bonchev–Trinajstić information content (AvgIpc) is 2.33. The Morgan fingerprint density at radius 3 is 2.47 bits per heavy atom. The monoisotopic (exact) mass is 413 g/mol. The van der Waals surface area contributed by atoms with Crippen LogP contribution in [0.5, 0.6) is 0 Å². The maximum absolute atomic E-state index is 12.4. The Bertz CT molecular complexity index is 520. The Morgan fingerprint density at radius 2 is 1.89 bits per heavy atom. The fourth-order valence-electron chi connectivity index (χ4n) is 1.60. The third-order valence-electron chi connectivity index (χ3n) is 2.71. The van der Waals surface area contributed by atoms with E-state index < -0.39 is 10.0 Å². The van der Waals surface area contributed by atoms with Crippen LogP contribution in [-0.2, 0) is 10.0 Å². The average molecular weight is 415 g/mol. The Morgan fingerprint density at radius 1 is 1.21 bits per heavy atom. The van der Waals surface area contributed by atoms with Crippen LogP contribution in [0.25, 0.3) is 0 Å². The Hall–Kier alpha value is 0.0500. The van der Waals surface area contributed by atoms with E-state index >= 15 is 0 Å². The second-order valence-corrected chi connectivity index (χ2v) is 7.97. The summed E-state index contributed by atoms with van der Waals surface area (Å²) in [6, 6.07) is 5.00. The number of halogens is 2. The van der Waals surface area contributed by atoms with Crippen molar-refractivity contribution in [2.45, 2.75) is 24.2 Å². The van der Waals surface area contributed by atoms with Gasteiger partial charge in [-0.2, -0.15) is 0 Å². The molecule has 0 saturated heterocycles. The third kappa shape index (κ3) is 4.82. The molecular formula is C12H17Br2NO3S. The maximum Gasteiger partial charge on any atom is 0.243 e. The molecule has 4 nitrogen and oxygen atoms in total. The van der Waals surface area contributed by atoms with Gasteiger partial charge in [-0.1, -0.05) is 15.9 Å². The van der Waals surface area contributed by atoms with E-state index in [-0.39, 0.29) is 11.5 Å². The van der Waals surface area contributed by atoms with Gasteiger partial charge in [0.1, 0.15) is 0 Å². The van der Waals surface area contributed by atoms with E-state index in [1.165, 1.54) is 4.31 Å². The van der Waals surface area contributed by atoms with Gasteiger partial charge < -0.3 is 5.11 Å². The highest BCUT2D eigenvalue weighted by Gasteiger charge is 2.22. The van der Waals surface area contributed by atoms with Crippen LogP contribution in [0.4, 0.5) is 0 Å². The minimum absolute atomic E-state index is 0.148. The normalized spacial score (nSPS) is 12.1. The van der Waals surface area contributed by atoms with Crippen LogP contribution < -0.4 is 0 Å². The quantitative estimate of drug-likeness (QED) is 0.697. The highest BCUT2D eigenvalue weighted by Crippen LogP contribution is 2.27. The molecule has 19 heavy (non-hydrogen) atoms. The molecule has 0 heterocycles. The molecule has 1 N–H and O–H groups in total. The van der Waals surface area contributed by atoms with E-state index in [9.17, 15) is 8.42 Å². The number of hydrogen-bond acceptors (Lipinski definition) is 3. The van der Waals surface area contributed by atoms with Crippen LogP contribution in [-0.4, -0.2) is 38.0 Å². The molecule has 0 saturated carbocycles. The van der Waals surface area contributed by atoms with Gasteiger partial charge >= 0.3 is 0 Å². The van der Waals surface area contributed by atoms with E-state index in [1.807, 2.05) is 0 Å². The van der Waals surface area contributed by atoms with Gasteiger partial charge in [-0.3, -0.25) is 0 Å². The Labute approximate surface area is 131 Å². The molecule has 1 rings (SSSR count). The molecule has 0 spiro atoms. The smallest absolute Gasteiger partial charge is 0.243 e. The third-order valence-corrected chi connectivity index (χ3v) is 6.04. The van der Waals surface area contributed by atoms with Crippen molar-refractivity contribution in [3.8, 4) is 0 Å². The van der Waals surface area contributed by atoms with E-state index in [0.29, 0.717) is 17.4 Å². The van der Waals surface area contributed by atoms with Crippen molar-refractivity contribution in [3.63, 3.8) is 0 Å². The summed E-state index contributed by atoms with van der Waals surface area (Å²) in [5, 5.41) is 8.69. The molecule has 0 aliphatic rings. The molecule has 0 amide bonds. The van der Waals surface area contributed by atoms with Crippen LogP contribution >= 0.6 is 31.9 Å². The van der Waals surface area contributed by atoms with Crippen molar-refractivity contribution in [3.05, 3.63) is 27.1 Å². The van der Waals surface area contributed by atoms with Gasteiger partial charge in [0.15, 0.2) is 0 Å².